The summed E-state index contributed by atoms with van der Waals surface area (Å²) in [6.07, 6.45) is 0. The van der Waals surface area contributed by atoms with E-state index in [2.05, 4.69) is 34.2 Å². The molecule has 0 saturated carbocycles. The number of hydrogen-bond acceptors (Lipinski definition) is 5. The van der Waals surface area contributed by atoms with Gasteiger partial charge in [0.25, 0.3) is 0 Å². The van der Waals surface area contributed by atoms with Gasteiger partial charge >= 0.3 is 0 Å². The Bertz CT molecular complexity index is 896. The first kappa shape index (κ1) is 16.4. The molecule has 128 valence electrons. The lowest BCUT2D eigenvalue weighted by Crippen LogP contribution is -2.12. The number of halogens is 1. The van der Waals surface area contributed by atoms with Crippen LogP contribution in [0.2, 0.25) is 5.02 Å². The monoisotopic (exact) mass is 373 g/mol. The summed E-state index contributed by atoms with van der Waals surface area (Å²) in [4.78, 5) is 4.56. The number of nitrogens with one attached hydrogen (secondary N) is 1. The third kappa shape index (κ3) is 3.66. The predicted octanol–water partition coefficient (Wildman–Crippen LogP) is 4.59. The number of aromatic amines is 1. The molecule has 7 heteroatoms. The standard InChI is InChI=1S/C18H16ClN3O2S/c1-11-2-4-12(5-3-11)17-20-18(22-21-17)25-9-14-7-15(19)6-13-8-23-10-24-16(13)14/h2-7H,8-10H2,1H3,(H,20,21,22). The molecule has 1 aliphatic heterocycles. The normalized spacial score (nSPS) is 13.4. The summed E-state index contributed by atoms with van der Waals surface area (Å²) in [6, 6.07) is 12.0. The van der Waals surface area contributed by atoms with Gasteiger partial charge in [0, 0.05) is 27.5 Å². The maximum atomic E-state index is 6.20. The summed E-state index contributed by atoms with van der Waals surface area (Å²) in [5.74, 6) is 2.30. The summed E-state index contributed by atoms with van der Waals surface area (Å²) in [7, 11) is 0. The molecule has 2 aromatic carbocycles. The van der Waals surface area contributed by atoms with Crippen molar-refractivity contribution in [3.63, 3.8) is 0 Å². The van der Waals surface area contributed by atoms with Crippen LogP contribution in [0.5, 0.6) is 5.75 Å². The highest BCUT2D eigenvalue weighted by Gasteiger charge is 2.17. The van der Waals surface area contributed by atoms with Gasteiger partial charge in [-0.15, -0.1) is 5.10 Å². The van der Waals surface area contributed by atoms with Crippen LogP contribution in [0.1, 0.15) is 16.7 Å². The molecule has 4 rings (SSSR count). The van der Waals surface area contributed by atoms with Crippen LogP contribution in [0.3, 0.4) is 0 Å². The number of hydrogen-bond donors (Lipinski definition) is 1. The zero-order chi connectivity index (χ0) is 17.2. The molecule has 25 heavy (non-hydrogen) atoms. The van der Waals surface area contributed by atoms with E-state index in [9.17, 15) is 0 Å². The maximum absolute atomic E-state index is 6.20. The van der Waals surface area contributed by atoms with Crippen LogP contribution in [0.25, 0.3) is 11.4 Å². The van der Waals surface area contributed by atoms with E-state index in [0.29, 0.717) is 22.5 Å². The highest BCUT2D eigenvalue weighted by molar-refractivity contribution is 7.98. The Balaban J connectivity index is 1.51. The van der Waals surface area contributed by atoms with Crippen molar-refractivity contribution in [1.29, 1.82) is 0 Å². The summed E-state index contributed by atoms with van der Waals surface area (Å²) in [6.45, 7) is 2.85. The second-order valence-electron chi connectivity index (χ2n) is 5.79. The van der Waals surface area contributed by atoms with E-state index in [0.717, 1.165) is 28.3 Å². The molecule has 0 unspecified atom stereocenters. The van der Waals surface area contributed by atoms with Crippen molar-refractivity contribution >= 4 is 23.4 Å². The Morgan fingerprint density at radius 1 is 1.24 bits per heavy atom. The van der Waals surface area contributed by atoms with Gasteiger partial charge < -0.3 is 9.47 Å². The van der Waals surface area contributed by atoms with Crippen molar-refractivity contribution in [1.82, 2.24) is 15.2 Å². The van der Waals surface area contributed by atoms with E-state index in [4.69, 9.17) is 21.1 Å². The van der Waals surface area contributed by atoms with Crippen LogP contribution in [0.15, 0.2) is 41.6 Å². The SMILES string of the molecule is Cc1ccc(-c2nc(SCc3cc(Cl)cc4c3OCOC4)n[nH]2)cc1. The topological polar surface area (TPSA) is 60.0 Å². The number of nitrogens with zero attached hydrogens (tertiary/aromatic N) is 2. The number of aryl methyl sites for hydroxylation is 1. The van der Waals surface area contributed by atoms with Crippen molar-refractivity contribution in [2.24, 2.45) is 0 Å². The van der Waals surface area contributed by atoms with Gasteiger partial charge in [-0.05, 0) is 19.1 Å². The van der Waals surface area contributed by atoms with Gasteiger partial charge in [-0.25, -0.2) is 4.98 Å². The first-order valence-corrected chi connectivity index (χ1v) is 9.19. The second kappa shape index (κ2) is 7.07. The fourth-order valence-corrected chi connectivity index (χ4v) is 3.69. The third-order valence-electron chi connectivity index (χ3n) is 3.90. The van der Waals surface area contributed by atoms with Gasteiger partial charge in [0.15, 0.2) is 12.6 Å². The van der Waals surface area contributed by atoms with Crippen LogP contribution in [0.4, 0.5) is 0 Å². The van der Waals surface area contributed by atoms with E-state index < -0.39 is 0 Å². The van der Waals surface area contributed by atoms with Crippen molar-refractivity contribution in [2.45, 2.75) is 24.4 Å². The Morgan fingerprint density at radius 2 is 2.08 bits per heavy atom. The van der Waals surface area contributed by atoms with Crippen molar-refractivity contribution in [2.75, 3.05) is 6.79 Å². The Kier molecular flexibility index (Phi) is 4.65. The van der Waals surface area contributed by atoms with E-state index in [1.165, 1.54) is 5.56 Å². The van der Waals surface area contributed by atoms with Crippen LogP contribution in [-0.2, 0) is 17.1 Å². The number of ether oxygens (including phenoxy) is 2. The number of aromatic nitrogens is 3. The molecule has 0 saturated heterocycles. The zero-order valence-electron chi connectivity index (χ0n) is 13.6. The first-order valence-electron chi connectivity index (χ1n) is 7.83. The van der Waals surface area contributed by atoms with Gasteiger partial charge in [0.1, 0.15) is 5.75 Å². The lowest BCUT2D eigenvalue weighted by atomic mass is 10.1. The van der Waals surface area contributed by atoms with Gasteiger partial charge in [-0.2, -0.15) is 0 Å². The van der Waals surface area contributed by atoms with Gasteiger partial charge in [-0.1, -0.05) is 53.2 Å². The summed E-state index contributed by atoms with van der Waals surface area (Å²) in [5.41, 5.74) is 4.24. The second-order valence-corrected chi connectivity index (χ2v) is 7.16. The Labute approximate surface area is 154 Å². The fraction of sp³-hybridized carbons (Fsp3) is 0.222. The molecule has 2 heterocycles. The van der Waals surface area contributed by atoms with Gasteiger partial charge in [0.05, 0.1) is 6.61 Å². The van der Waals surface area contributed by atoms with Crippen LogP contribution in [-0.4, -0.2) is 22.0 Å². The molecule has 5 nitrogen and oxygen atoms in total. The number of thioether (sulfide) groups is 1. The molecule has 3 aromatic rings. The Hall–Kier alpha value is -2.02. The van der Waals surface area contributed by atoms with Crippen molar-refractivity contribution in [3.8, 4) is 17.1 Å². The maximum Gasteiger partial charge on any atom is 0.209 e. The Morgan fingerprint density at radius 3 is 2.92 bits per heavy atom. The number of rotatable bonds is 4. The van der Waals surface area contributed by atoms with E-state index in [1.807, 2.05) is 24.3 Å². The van der Waals surface area contributed by atoms with Crippen molar-refractivity contribution in [3.05, 3.63) is 58.1 Å². The number of fused-ring (bicyclic) bond motifs is 1. The van der Waals surface area contributed by atoms with E-state index in [-0.39, 0.29) is 6.79 Å². The summed E-state index contributed by atoms with van der Waals surface area (Å²) in [5, 5.41) is 8.66. The molecule has 0 amide bonds. The minimum absolute atomic E-state index is 0.268. The highest BCUT2D eigenvalue weighted by atomic mass is 35.5. The number of H-pyrrole nitrogens is 1. The molecule has 1 aliphatic rings. The fourth-order valence-electron chi connectivity index (χ4n) is 2.66. The molecular weight excluding hydrogens is 358 g/mol. The van der Waals surface area contributed by atoms with Crippen LogP contribution >= 0.6 is 23.4 Å². The van der Waals surface area contributed by atoms with E-state index in [1.54, 1.807) is 11.8 Å². The van der Waals surface area contributed by atoms with Crippen LogP contribution < -0.4 is 4.74 Å². The zero-order valence-corrected chi connectivity index (χ0v) is 15.2. The largest absolute Gasteiger partial charge is 0.467 e. The predicted molar refractivity (Wildman–Crippen MR) is 97.9 cm³/mol. The smallest absolute Gasteiger partial charge is 0.209 e. The summed E-state index contributed by atoms with van der Waals surface area (Å²) >= 11 is 7.74. The molecule has 0 aliphatic carbocycles. The molecular formula is C18H16ClN3O2S. The lowest BCUT2D eigenvalue weighted by Gasteiger charge is -2.20. The molecule has 0 spiro atoms. The average Bonchev–Trinajstić information content (AvgIpc) is 3.09. The van der Waals surface area contributed by atoms with Crippen molar-refractivity contribution < 1.29 is 9.47 Å². The number of benzene rings is 2. The molecule has 0 atom stereocenters. The quantitative estimate of drug-likeness (QED) is 0.677. The molecule has 1 aromatic heterocycles. The lowest BCUT2D eigenvalue weighted by molar-refractivity contribution is -0.0168. The first-order chi connectivity index (χ1) is 12.2. The van der Waals surface area contributed by atoms with Gasteiger partial charge in [-0.3, -0.25) is 5.10 Å². The molecule has 0 bridgehead atoms. The molecule has 0 radical (unpaired) electrons. The molecule has 1 N–H and O–H groups in total. The molecule has 0 fully saturated rings. The highest BCUT2D eigenvalue weighted by Crippen LogP contribution is 2.35. The van der Waals surface area contributed by atoms with Crippen LogP contribution in [0, 0.1) is 6.92 Å². The van der Waals surface area contributed by atoms with Gasteiger partial charge in [0.2, 0.25) is 5.16 Å². The van der Waals surface area contributed by atoms with E-state index >= 15 is 0 Å². The minimum Gasteiger partial charge on any atom is -0.467 e. The summed E-state index contributed by atoms with van der Waals surface area (Å²) < 4.78 is 11.0. The average molecular weight is 374 g/mol. The third-order valence-corrected chi connectivity index (χ3v) is 5.01. The minimum atomic E-state index is 0.268.